The smallest absolute Gasteiger partial charge is 0.294 e. The summed E-state index contributed by atoms with van der Waals surface area (Å²) < 4.78 is 4.41. The zero-order chi connectivity index (χ0) is 14.6. The molecule has 2 aromatic rings. The van der Waals surface area contributed by atoms with Crippen LogP contribution in [0.3, 0.4) is 0 Å². The highest BCUT2D eigenvalue weighted by molar-refractivity contribution is 5.90. The van der Waals surface area contributed by atoms with Crippen LogP contribution >= 0.6 is 0 Å². The van der Waals surface area contributed by atoms with Crippen LogP contribution in [0.5, 0.6) is 0 Å². The van der Waals surface area contributed by atoms with E-state index in [0.29, 0.717) is 23.7 Å². The van der Waals surface area contributed by atoms with Crippen molar-refractivity contribution in [2.45, 2.75) is 33.4 Å². The zero-order valence-electron chi connectivity index (χ0n) is 11.8. The van der Waals surface area contributed by atoms with Gasteiger partial charge in [-0.05, 0) is 20.8 Å². The van der Waals surface area contributed by atoms with Crippen molar-refractivity contribution in [3.63, 3.8) is 0 Å². The summed E-state index contributed by atoms with van der Waals surface area (Å²) in [4.78, 5) is 29.0. The molecule has 0 fully saturated rings. The molecule has 0 bridgehead atoms. The number of nitrogens with one attached hydrogen (secondary N) is 1. The normalized spacial score (nSPS) is 17.8. The van der Waals surface area contributed by atoms with Crippen molar-refractivity contribution in [1.29, 1.82) is 0 Å². The lowest BCUT2D eigenvalue weighted by Crippen LogP contribution is -2.39. The third-order valence-electron chi connectivity index (χ3n) is 3.82. The van der Waals surface area contributed by atoms with Gasteiger partial charge in [0.25, 0.3) is 5.56 Å². The number of hydrogen-bond acceptors (Lipinski definition) is 5. The molecule has 1 atom stereocenters. The van der Waals surface area contributed by atoms with Crippen LogP contribution in [0.25, 0.3) is 11.2 Å². The largest absolute Gasteiger partial charge is 0.332 e. The highest BCUT2D eigenvalue weighted by Crippen LogP contribution is 2.25. The zero-order valence-corrected chi connectivity index (χ0v) is 11.8. The Labute approximate surface area is 114 Å². The highest BCUT2D eigenvalue weighted by Gasteiger charge is 2.26. The molecule has 8 heteroatoms. The number of rotatable bonds is 1. The topological polar surface area (TPSA) is 86.2 Å². The van der Waals surface area contributed by atoms with Gasteiger partial charge in [0, 0.05) is 13.6 Å². The molecule has 1 N–H and O–H groups in total. The van der Waals surface area contributed by atoms with E-state index in [0.717, 1.165) is 5.71 Å². The molecule has 3 rings (SSSR count). The van der Waals surface area contributed by atoms with E-state index in [-0.39, 0.29) is 17.3 Å². The summed E-state index contributed by atoms with van der Waals surface area (Å²) in [5, 5.41) is 4.16. The fourth-order valence-corrected chi connectivity index (χ4v) is 2.49. The van der Waals surface area contributed by atoms with E-state index >= 15 is 0 Å². The SMILES string of the molecule is CCn1c(=O)c2c(nc3n2[C@@H](C)C(C)=NN3)n(C)c1=O. The molecule has 0 aliphatic carbocycles. The number of hydrogen-bond donors (Lipinski definition) is 1. The number of anilines is 1. The van der Waals surface area contributed by atoms with Gasteiger partial charge in [-0.2, -0.15) is 10.1 Å². The molecule has 1 aliphatic heterocycles. The van der Waals surface area contributed by atoms with Gasteiger partial charge in [-0.3, -0.25) is 18.5 Å². The van der Waals surface area contributed by atoms with Gasteiger partial charge in [0.1, 0.15) is 0 Å². The molecule has 0 amide bonds. The number of aromatic nitrogens is 4. The first kappa shape index (κ1) is 12.6. The minimum Gasteiger partial charge on any atom is -0.294 e. The third-order valence-corrected chi connectivity index (χ3v) is 3.82. The van der Waals surface area contributed by atoms with Crippen molar-refractivity contribution in [3.05, 3.63) is 20.8 Å². The first-order chi connectivity index (χ1) is 9.47. The maximum atomic E-state index is 12.5. The standard InChI is InChI=1S/C12H16N6O2/c1-5-17-10(19)8-9(16(4)12(17)20)13-11-15-14-6(2)7(3)18(8)11/h7H,5H2,1-4H3,(H,13,15)/t7-/m0/s1. The minimum absolute atomic E-state index is 0.0771. The summed E-state index contributed by atoms with van der Waals surface area (Å²) in [5.41, 5.74) is 3.81. The summed E-state index contributed by atoms with van der Waals surface area (Å²) in [6, 6.07) is -0.0771. The Balaban J connectivity index is 2.51. The van der Waals surface area contributed by atoms with Crippen LogP contribution in [0.4, 0.5) is 5.95 Å². The monoisotopic (exact) mass is 276 g/mol. The molecule has 1 aliphatic rings. The first-order valence-corrected chi connectivity index (χ1v) is 6.49. The van der Waals surface area contributed by atoms with E-state index < -0.39 is 0 Å². The lowest BCUT2D eigenvalue weighted by atomic mass is 10.2. The van der Waals surface area contributed by atoms with Crippen molar-refractivity contribution in [1.82, 2.24) is 18.7 Å². The lowest BCUT2D eigenvalue weighted by molar-refractivity contribution is 0.628. The Bertz CT molecular complexity index is 853. The molecule has 20 heavy (non-hydrogen) atoms. The number of imidazole rings is 1. The quantitative estimate of drug-likeness (QED) is 0.810. The minimum atomic E-state index is -0.356. The van der Waals surface area contributed by atoms with Crippen LogP contribution in [0, 0.1) is 0 Å². The van der Waals surface area contributed by atoms with E-state index in [9.17, 15) is 9.59 Å². The molecule has 106 valence electrons. The molecule has 0 unspecified atom stereocenters. The molecule has 0 saturated carbocycles. The van der Waals surface area contributed by atoms with E-state index in [1.165, 1.54) is 9.13 Å². The number of hydrazone groups is 1. The Morgan fingerprint density at radius 1 is 1.35 bits per heavy atom. The molecular weight excluding hydrogens is 260 g/mol. The van der Waals surface area contributed by atoms with Crippen LogP contribution in [-0.2, 0) is 13.6 Å². The summed E-state index contributed by atoms with van der Waals surface area (Å²) in [5.74, 6) is 0.485. The fraction of sp³-hybridized carbons (Fsp3) is 0.500. The van der Waals surface area contributed by atoms with E-state index in [4.69, 9.17) is 0 Å². The van der Waals surface area contributed by atoms with Crippen molar-refractivity contribution >= 4 is 22.8 Å². The maximum Gasteiger partial charge on any atom is 0.332 e. The molecule has 0 spiro atoms. The van der Waals surface area contributed by atoms with Crippen LogP contribution < -0.4 is 16.7 Å². The summed E-state index contributed by atoms with van der Waals surface area (Å²) >= 11 is 0. The van der Waals surface area contributed by atoms with Gasteiger partial charge in [0.2, 0.25) is 5.95 Å². The molecule has 8 nitrogen and oxygen atoms in total. The second kappa shape index (κ2) is 4.06. The van der Waals surface area contributed by atoms with Crippen molar-refractivity contribution in [2.24, 2.45) is 12.1 Å². The second-order valence-electron chi connectivity index (χ2n) is 4.91. The van der Waals surface area contributed by atoms with Crippen molar-refractivity contribution < 1.29 is 0 Å². The number of fused-ring (bicyclic) bond motifs is 3. The van der Waals surface area contributed by atoms with E-state index in [1.54, 1.807) is 18.5 Å². The number of nitrogens with zero attached hydrogens (tertiary/aromatic N) is 5. The average Bonchev–Trinajstić information content (AvgIpc) is 2.82. The molecule has 3 heterocycles. The van der Waals surface area contributed by atoms with Gasteiger partial charge >= 0.3 is 5.69 Å². The second-order valence-corrected chi connectivity index (χ2v) is 4.91. The number of aryl methyl sites for hydroxylation is 1. The van der Waals surface area contributed by atoms with Gasteiger partial charge in [-0.1, -0.05) is 0 Å². The summed E-state index contributed by atoms with van der Waals surface area (Å²) in [6.45, 7) is 5.94. The lowest BCUT2D eigenvalue weighted by Gasteiger charge is -2.21. The average molecular weight is 276 g/mol. The van der Waals surface area contributed by atoms with Gasteiger partial charge in [0.15, 0.2) is 11.2 Å². The molecule has 0 saturated heterocycles. The maximum absolute atomic E-state index is 12.5. The van der Waals surface area contributed by atoms with E-state index in [1.807, 2.05) is 13.8 Å². The van der Waals surface area contributed by atoms with Crippen LogP contribution in [0.2, 0.25) is 0 Å². The fourth-order valence-electron chi connectivity index (χ4n) is 2.49. The van der Waals surface area contributed by atoms with Crippen molar-refractivity contribution in [2.75, 3.05) is 5.43 Å². The predicted molar refractivity (Wildman–Crippen MR) is 76.4 cm³/mol. The summed E-state index contributed by atoms with van der Waals surface area (Å²) in [6.07, 6.45) is 0. The Morgan fingerprint density at radius 2 is 2.05 bits per heavy atom. The molecule has 0 aromatic carbocycles. The van der Waals surface area contributed by atoms with Crippen molar-refractivity contribution in [3.8, 4) is 0 Å². The summed E-state index contributed by atoms with van der Waals surface area (Å²) in [7, 11) is 1.62. The van der Waals surface area contributed by atoms with Gasteiger partial charge < -0.3 is 0 Å². The van der Waals surface area contributed by atoms with Crippen LogP contribution in [0.1, 0.15) is 26.8 Å². The van der Waals surface area contributed by atoms with Gasteiger partial charge in [-0.25, -0.2) is 10.2 Å². The predicted octanol–water partition coefficient (Wildman–Crippen LogP) is 0.279. The molecule has 2 aromatic heterocycles. The Kier molecular flexibility index (Phi) is 2.56. The molecule has 0 radical (unpaired) electrons. The van der Waals surface area contributed by atoms with Crippen LogP contribution in [0.15, 0.2) is 14.7 Å². The highest BCUT2D eigenvalue weighted by atomic mass is 16.2. The first-order valence-electron chi connectivity index (χ1n) is 6.49. The van der Waals surface area contributed by atoms with Crippen LogP contribution in [-0.4, -0.2) is 24.4 Å². The van der Waals surface area contributed by atoms with Gasteiger partial charge in [0.05, 0.1) is 11.8 Å². The Hall–Kier alpha value is -2.38. The van der Waals surface area contributed by atoms with E-state index in [2.05, 4.69) is 15.5 Å². The molecular formula is C12H16N6O2. The Morgan fingerprint density at radius 3 is 2.70 bits per heavy atom. The van der Waals surface area contributed by atoms with Gasteiger partial charge in [-0.15, -0.1) is 0 Å². The third kappa shape index (κ3) is 1.41.